The van der Waals surface area contributed by atoms with Crippen molar-refractivity contribution < 1.29 is 9.66 Å². The Kier molecular flexibility index (Phi) is 3.88. The number of nitro benzene ring substituents is 1. The lowest BCUT2D eigenvalue weighted by atomic mass is 10.3. The van der Waals surface area contributed by atoms with Crippen molar-refractivity contribution in [2.45, 2.75) is 13.0 Å². The van der Waals surface area contributed by atoms with Crippen LogP contribution in [0.5, 0.6) is 5.75 Å². The average molecular weight is 231 g/mol. The van der Waals surface area contributed by atoms with Gasteiger partial charge in [-0.3, -0.25) is 10.1 Å². The molecule has 0 aliphatic rings. The summed E-state index contributed by atoms with van der Waals surface area (Å²) in [5, 5.41) is 10.6. The van der Waals surface area contributed by atoms with E-state index in [2.05, 4.69) is 0 Å². The standard InChI is InChI=1S/C9H11ClN2O3/c1-6(11)5-15-9-3-2-7(12(13)14)4-8(9)10/h2-4,6H,5,11H2,1H3. The van der Waals surface area contributed by atoms with Gasteiger partial charge >= 0.3 is 0 Å². The van der Waals surface area contributed by atoms with Crippen LogP contribution in [0.3, 0.4) is 0 Å². The third-order valence-electron chi connectivity index (χ3n) is 1.63. The quantitative estimate of drug-likeness (QED) is 0.634. The molecule has 1 aromatic carbocycles. The maximum atomic E-state index is 10.4. The molecule has 0 radical (unpaired) electrons. The van der Waals surface area contributed by atoms with Gasteiger partial charge in [0, 0.05) is 18.2 Å². The van der Waals surface area contributed by atoms with E-state index in [4.69, 9.17) is 22.1 Å². The van der Waals surface area contributed by atoms with Crippen LogP contribution in [0.1, 0.15) is 6.92 Å². The minimum absolute atomic E-state index is 0.0619. The molecular formula is C9H11ClN2O3. The maximum absolute atomic E-state index is 10.4. The molecule has 1 atom stereocenters. The van der Waals surface area contributed by atoms with Gasteiger partial charge in [-0.1, -0.05) is 11.6 Å². The summed E-state index contributed by atoms with van der Waals surface area (Å²) in [4.78, 5) is 9.90. The predicted molar refractivity (Wildman–Crippen MR) is 57.3 cm³/mol. The SMILES string of the molecule is CC(N)COc1ccc([N+](=O)[O-])cc1Cl. The first-order valence-corrected chi connectivity index (χ1v) is 4.71. The van der Waals surface area contributed by atoms with Crippen molar-refractivity contribution in [3.8, 4) is 5.75 Å². The molecule has 0 bridgehead atoms. The molecule has 0 fully saturated rings. The highest BCUT2D eigenvalue weighted by Crippen LogP contribution is 2.28. The van der Waals surface area contributed by atoms with Gasteiger partial charge < -0.3 is 10.5 Å². The Morgan fingerprint density at radius 2 is 2.33 bits per heavy atom. The first-order valence-electron chi connectivity index (χ1n) is 4.33. The Bertz CT molecular complexity index is 368. The number of non-ortho nitro benzene ring substituents is 1. The second-order valence-corrected chi connectivity index (χ2v) is 3.57. The molecular weight excluding hydrogens is 220 g/mol. The molecule has 1 aromatic rings. The number of hydrogen-bond acceptors (Lipinski definition) is 4. The molecule has 0 aliphatic carbocycles. The smallest absolute Gasteiger partial charge is 0.271 e. The second-order valence-electron chi connectivity index (χ2n) is 3.16. The van der Waals surface area contributed by atoms with Crippen LogP contribution in [0.2, 0.25) is 5.02 Å². The number of hydrogen-bond donors (Lipinski definition) is 1. The van der Waals surface area contributed by atoms with E-state index in [-0.39, 0.29) is 16.8 Å². The molecule has 0 amide bonds. The summed E-state index contributed by atoms with van der Waals surface area (Å²) in [6.07, 6.45) is 0. The summed E-state index contributed by atoms with van der Waals surface area (Å²) >= 11 is 5.79. The summed E-state index contributed by atoms with van der Waals surface area (Å²) in [6, 6.07) is 3.93. The molecule has 1 rings (SSSR count). The highest BCUT2D eigenvalue weighted by Gasteiger charge is 2.10. The molecule has 0 saturated heterocycles. The Labute approximate surface area is 91.9 Å². The van der Waals surface area contributed by atoms with Crippen LogP contribution >= 0.6 is 11.6 Å². The molecule has 6 heteroatoms. The number of benzene rings is 1. The van der Waals surface area contributed by atoms with E-state index in [0.717, 1.165) is 0 Å². The van der Waals surface area contributed by atoms with Crippen molar-refractivity contribution in [3.05, 3.63) is 33.3 Å². The molecule has 82 valence electrons. The van der Waals surface area contributed by atoms with Gasteiger partial charge in [0.15, 0.2) is 0 Å². The second kappa shape index (κ2) is 4.95. The van der Waals surface area contributed by atoms with Crippen LogP contribution < -0.4 is 10.5 Å². The van der Waals surface area contributed by atoms with Gasteiger partial charge in [0.05, 0.1) is 9.95 Å². The summed E-state index contributed by atoms with van der Waals surface area (Å²) in [5.41, 5.74) is 5.43. The van der Waals surface area contributed by atoms with E-state index in [0.29, 0.717) is 12.4 Å². The van der Waals surface area contributed by atoms with E-state index < -0.39 is 4.92 Å². The van der Waals surface area contributed by atoms with Crippen molar-refractivity contribution in [1.82, 2.24) is 0 Å². The van der Waals surface area contributed by atoms with Crippen LogP contribution in [0, 0.1) is 10.1 Å². The number of nitrogens with zero attached hydrogens (tertiary/aromatic N) is 1. The topological polar surface area (TPSA) is 78.4 Å². The van der Waals surface area contributed by atoms with Gasteiger partial charge in [0.1, 0.15) is 12.4 Å². The normalized spacial score (nSPS) is 12.2. The van der Waals surface area contributed by atoms with Crippen molar-refractivity contribution in [1.29, 1.82) is 0 Å². The molecule has 0 heterocycles. The Balaban J connectivity index is 2.79. The fourth-order valence-corrected chi connectivity index (χ4v) is 1.17. The Morgan fingerprint density at radius 1 is 1.67 bits per heavy atom. The molecule has 5 nitrogen and oxygen atoms in total. The largest absolute Gasteiger partial charge is 0.490 e. The average Bonchev–Trinajstić information content (AvgIpc) is 2.15. The molecule has 2 N–H and O–H groups in total. The third-order valence-corrected chi connectivity index (χ3v) is 1.92. The summed E-state index contributed by atoms with van der Waals surface area (Å²) < 4.78 is 5.25. The zero-order valence-electron chi connectivity index (χ0n) is 8.14. The Hall–Kier alpha value is -1.33. The first kappa shape index (κ1) is 11.7. The van der Waals surface area contributed by atoms with Gasteiger partial charge in [0.25, 0.3) is 5.69 Å². The minimum atomic E-state index is -0.513. The molecule has 0 aromatic heterocycles. The van der Waals surface area contributed by atoms with Crippen molar-refractivity contribution in [2.24, 2.45) is 5.73 Å². The van der Waals surface area contributed by atoms with E-state index >= 15 is 0 Å². The molecule has 0 spiro atoms. The summed E-state index contributed by atoms with van der Waals surface area (Å²) in [6.45, 7) is 2.11. The maximum Gasteiger partial charge on any atom is 0.271 e. The van der Waals surface area contributed by atoms with Gasteiger partial charge in [-0.15, -0.1) is 0 Å². The van der Waals surface area contributed by atoms with Crippen molar-refractivity contribution in [2.75, 3.05) is 6.61 Å². The number of halogens is 1. The van der Waals surface area contributed by atoms with Crippen LogP contribution in [-0.4, -0.2) is 17.6 Å². The van der Waals surface area contributed by atoms with E-state index in [1.54, 1.807) is 6.92 Å². The molecule has 0 saturated carbocycles. The van der Waals surface area contributed by atoms with Crippen LogP contribution in [-0.2, 0) is 0 Å². The predicted octanol–water partition coefficient (Wildman–Crippen LogP) is 1.97. The third kappa shape index (κ3) is 3.38. The van der Waals surface area contributed by atoms with Gasteiger partial charge in [-0.05, 0) is 13.0 Å². The lowest BCUT2D eigenvalue weighted by molar-refractivity contribution is -0.384. The summed E-state index contributed by atoms with van der Waals surface area (Å²) in [5.74, 6) is 0.402. The monoisotopic (exact) mass is 230 g/mol. The number of ether oxygens (including phenoxy) is 1. The highest BCUT2D eigenvalue weighted by molar-refractivity contribution is 6.32. The minimum Gasteiger partial charge on any atom is -0.490 e. The van der Waals surface area contributed by atoms with Gasteiger partial charge in [-0.2, -0.15) is 0 Å². The molecule has 15 heavy (non-hydrogen) atoms. The highest BCUT2D eigenvalue weighted by atomic mass is 35.5. The fourth-order valence-electron chi connectivity index (χ4n) is 0.942. The Morgan fingerprint density at radius 3 is 2.80 bits per heavy atom. The lowest BCUT2D eigenvalue weighted by Crippen LogP contribution is -2.23. The molecule has 1 unspecified atom stereocenters. The first-order chi connectivity index (χ1) is 7.00. The number of rotatable bonds is 4. The van der Waals surface area contributed by atoms with E-state index in [9.17, 15) is 10.1 Å². The van der Waals surface area contributed by atoms with E-state index in [1.165, 1.54) is 18.2 Å². The van der Waals surface area contributed by atoms with Crippen molar-refractivity contribution in [3.63, 3.8) is 0 Å². The fraction of sp³-hybridized carbons (Fsp3) is 0.333. The van der Waals surface area contributed by atoms with Crippen molar-refractivity contribution >= 4 is 17.3 Å². The van der Waals surface area contributed by atoms with Crippen LogP contribution in [0.25, 0.3) is 0 Å². The van der Waals surface area contributed by atoms with E-state index in [1.807, 2.05) is 0 Å². The lowest BCUT2D eigenvalue weighted by Gasteiger charge is -2.09. The zero-order chi connectivity index (χ0) is 11.4. The molecule has 0 aliphatic heterocycles. The summed E-state index contributed by atoms with van der Waals surface area (Å²) in [7, 11) is 0. The van der Waals surface area contributed by atoms with Crippen LogP contribution in [0.4, 0.5) is 5.69 Å². The number of nitro groups is 1. The van der Waals surface area contributed by atoms with Crippen LogP contribution in [0.15, 0.2) is 18.2 Å². The van der Waals surface area contributed by atoms with Gasteiger partial charge in [0.2, 0.25) is 0 Å². The zero-order valence-corrected chi connectivity index (χ0v) is 8.90. The number of nitrogens with two attached hydrogens (primary N) is 1. The van der Waals surface area contributed by atoms with Gasteiger partial charge in [-0.25, -0.2) is 0 Å².